The molecule has 0 aliphatic heterocycles. The van der Waals surface area contributed by atoms with Gasteiger partial charge in [0.2, 0.25) is 0 Å². The van der Waals surface area contributed by atoms with Gasteiger partial charge in [0.25, 0.3) is 0 Å². The van der Waals surface area contributed by atoms with Crippen LogP contribution >= 0.6 is 22.9 Å². The van der Waals surface area contributed by atoms with Gasteiger partial charge in [0.05, 0.1) is 12.2 Å². The number of nitrogens with zero attached hydrogens (tertiary/aromatic N) is 1. The molecule has 1 rings (SSSR count). The molecule has 0 saturated carbocycles. The van der Waals surface area contributed by atoms with Crippen molar-refractivity contribution in [3.8, 4) is 6.07 Å². The summed E-state index contributed by atoms with van der Waals surface area (Å²) in [5, 5.41) is 8.56. The van der Waals surface area contributed by atoms with Crippen molar-refractivity contribution in [1.82, 2.24) is 0 Å². The molecule has 0 atom stereocenters. The predicted octanol–water partition coefficient (Wildman–Crippen LogP) is 3.48. The summed E-state index contributed by atoms with van der Waals surface area (Å²) < 4.78 is 5.07. The lowest BCUT2D eigenvalue weighted by atomic mass is 10.3. The number of nitriles is 1. The van der Waals surface area contributed by atoms with Gasteiger partial charge in [-0.2, -0.15) is 5.26 Å². The molecule has 1 aromatic rings. The Labute approximate surface area is 98.2 Å². The quantitative estimate of drug-likeness (QED) is 0.750. The first-order valence-corrected chi connectivity index (χ1v) is 5.75. The zero-order valence-corrected chi connectivity index (χ0v) is 10.4. The molecule has 0 amide bonds. The SMILES string of the molecule is CC.CCOC(=O)c1cc(C#N)c(Cl)s1. The van der Waals surface area contributed by atoms with Gasteiger partial charge in [-0.05, 0) is 13.0 Å². The van der Waals surface area contributed by atoms with Crippen LogP contribution in [0, 0.1) is 11.3 Å². The van der Waals surface area contributed by atoms with E-state index in [1.54, 1.807) is 6.92 Å². The van der Waals surface area contributed by atoms with Crippen molar-refractivity contribution in [2.75, 3.05) is 6.61 Å². The van der Waals surface area contributed by atoms with Gasteiger partial charge in [-0.15, -0.1) is 11.3 Å². The fourth-order valence-electron chi connectivity index (χ4n) is 0.748. The van der Waals surface area contributed by atoms with Crippen LogP contribution in [0.4, 0.5) is 0 Å². The maximum atomic E-state index is 11.1. The third-order valence-corrected chi connectivity index (χ3v) is 2.62. The first kappa shape index (κ1) is 13.9. The van der Waals surface area contributed by atoms with E-state index in [9.17, 15) is 4.79 Å². The van der Waals surface area contributed by atoms with E-state index in [4.69, 9.17) is 21.6 Å². The normalized spacial score (nSPS) is 8.47. The second-order valence-electron chi connectivity index (χ2n) is 2.13. The Bertz CT molecular complexity index is 368. The van der Waals surface area contributed by atoms with Crippen LogP contribution in [0.2, 0.25) is 4.34 Å². The average molecular weight is 246 g/mol. The Morgan fingerprint density at radius 1 is 1.67 bits per heavy atom. The topological polar surface area (TPSA) is 50.1 Å². The smallest absolute Gasteiger partial charge is 0.348 e. The molecule has 3 nitrogen and oxygen atoms in total. The molecule has 15 heavy (non-hydrogen) atoms. The molecule has 0 aromatic carbocycles. The van der Waals surface area contributed by atoms with Crippen molar-refractivity contribution in [3.05, 3.63) is 20.8 Å². The maximum Gasteiger partial charge on any atom is 0.348 e. The number of carbonyl (C=O) groups excluding carboxylic acids is 1. The summed E-state index contributed by atoms with van der Waals surface area (Å²) in [7, 11) is 0. The Morgan fingerprint density at radius 3 is 2.67 bits per heavy atom. The Hall–Kier alpha value is -1.05. The Balaban J connectivity index is 0.000000921. The average Bonchev–Trinajstić information content (AvgIpc) is 2.63. The molecule has 0 aliphatic carbocycles. The zero-order chi connectivity index (χ0) is 11.8. The lowest BCUT2D eigenvalue weighted by molar-refractivity contribution is 0.0532. The zero-order valence-electron chi connectivity index (χ0n) is 8.83. The van der Waals surface area contributed by atoms with Crippen LogP contribution in [0.1, 0.15) is 36.0 Å². The van der Waals surface area contributed by atoms with Crippen molar-refractivity contribution in [2.24, 2.45) is 0 Å². The van der Waals surface area contributed by atoms with Crippen molar-refractivity contribution < 1.29 is 9.53 Å². The van der Waals surface area contributed by atoms with E-state index in [0.717, 1.165) is 11.3 Å². The fraction of sp³-hybridized carbons (Fsp3) is 0.400. The first-order chi connectivity index (χ1) is 7.19. The van der Waals surface area contributed by atoms with Crippen LogP contribution in [0.15, 0.2) is 6.07 Å². The summed E-state index contributed by atoms with van der Waals surface area (Å²) in [5.41, 5.74) is 0.315. The molecule has 0 bridgehead atoms. The van der Waals surface area contributed by atoms with E-state index in [1.807, 2.05) is 19.9 Å². The molecular weight excluding hydrogens is 234 g/mol. The van der Waals surface area contributed by atoms with E-state index in [0.29, 0.717) is 21.4 Å². The van der Waals surface area contributed by atoms with Gasteiger partial charge in [0.1, 0.15) is 15.3 Å². The number of hydrogen-bond donors (Lipinski definition) is 0. The van der Waals surface area contributed by atoms with E-state index >= 15 is 0 Å². The lowest BCUT2D eigenvalue weighted by Gasteiger charge is -1.95. The van der Waals surface area contributed by atoms with Gasteiger partial charge in [-0.25, -0.2) is 4.79 Å². The Morgan fingerprint density at radius 2 is 2.27 bits per heavy atom. The standard InChI is InChI=1S/C8H6ClNO2S.C2H6/c1-2-12-8(11)6-3-5(4-10)7(9)13-6;1-2/h3H,2H2,1H3;1-2H3. The molecule has 0 fully saturated rings. The van der Waals surface area contributed by atoms with Crippen LogP contribution in [-0.2, 0) is 4.74 Å². The molecular formula is C10H12ClNO2S. The Kier molecular flexibility index (Phi) is 6.76. The van der Waals surface area contributed by atoms with Crippen LogP contribution in [0.25, 0.3) is 0 Å². The summed E-state index contributed by atoms with van der Waals surface area (Å²) in [6.07, 6.45) is 0. The minimum atomic E-state index is -0.434. The van der Waals surface area contributed by atoms with Crippen LogP contribution in [-0.4, -0.2) is 12.6 Å². The minimum absolute atomic E-state index is 0.315. The molecule has 0 radical (unpaired) electrons. The lowest BCUT2D eigenvalue weighted by Crippen LogP contribution is -2.01. The van der Waals surface area contributed by atoms with E-state index < -0.39 is 5.97 Å². The summed E-state index contributed by atoms with van der Waals surface area (Å²) in [4.78, 5) is 11.5. The van der Waals surface area contributed by atoms with Crippen LogP contribution < -0.4 is 0 Å². The molecule has 0 N–H and O–H groups in total. The van der Waals surface area contributed by atoms with E-state index in [-0.39, 0.29) is 0 Å². The van der Waals surface area contributed by atoms with Crippen LogP contribution in [0.3, 0.4) is 0 Å². The summed E-state index contributed by atoms with van der Waals surface area (Å²) in [5.74, 6) is -0.434. The van der Waals surface area contributed by atoms with Gasteiger partial charge in [-0.3, -0.25) is 0 Å². The number of carbonyl (C=O) groups is 1. The van der Waals surface area contributed by atoms with Crippen molar-refractivity contribution in [1.29, 1.82) is 5.26 Å². The molecule has 82 valence electrons. The molecule has 0 unspecified atom stereocenters. The van der Waals surface area contributed by atoms with Crippen molar-refractivity contribution >= 4 is 28.9 Å². The van der Waals surface area contributed by atoms with E-state index in [2.05, 4.69) is 0 Å². The van der Waals surface area contributed by atoms with Crippen LogP contribution in [0.5, 0.6) is 0 Å². The third-order valence-electron chi connectivity index (χ3n) is 1.28. The predicted molar refractivity (Wildman–Crippen MR) is 61.3 cm³/mol. The van der Waals surface area contributed by atoms with Crippen molar-refractivity contribution in [2.45, 2.75) is 20.8 Å². The highest BCUT2D eigenvalue weighted by atomic mass is 35.5. The monoisotopic (exact) mass is 245 g/mol. The highest BCUT2D eigenvalue weighted by Crippen LogP contribution is 2.27. The number of ether oxygens (including phenoxy) is 1. The molecule has 0 aliphatic rings. The minimum Gasteiger partial charge on any atom is -0.462 e. The summed E-state index contributed by atoms with van der Waals surface area (Å²) in [6.45, 7) is 6.04. The highest BCUT2D eigenvalue weighted by Gasteiger charge is 2.13. The first-order valence-electron chi connectivity index (χ1n) is 4.55. The molecule has 0 spiro atoms. The molecule has 1 heterocycles. The highest BCUT2D eigenvalue weighted by molar-refractivity contribution is 7.18. The third kappa shape index (κ3) is 3.90. The van der Waals surface area contributed by atoms with Gasteiger partial charge in [-0.1, -0.05) is 25.4 Å². The molecule has 1 aromatic heterocycles. The second-order valence-corrected chi connectivity index (χ2v) is 3.78. The number of halogens is 1. The number of rotatable bonds is 2. The van der Waals surface area contributed by atoms with Gasteiger partial charge in [0, 0.05) is 0 Å². The maximum absolute atomic E-state index is 11.1. The molecule has 5 heteroatoms. The summed E-state index contributed by atoms with van der Waals surface area (Å²) >= 11 is 6.73. The second kappa shape index (κ2) is 7.27. The van der Waals surface area contributed by atoms with E-state index in [1.165, 1.54) is 6.07 Å². The largest absolute Gasteiger partial charge is 0.462 e. The number of thiophene rings is 1. The van der Waals surface area contributed by atoms with Crippen molar-refractivity contribution in [3.63, 3.8) is 0 Å². The fourth-order valence-corrected chi connectivity index (χ4v) is 1.82. The van der Waals surface area contributed by atoms with Gasteiger partial charge in [0.15, 0.2) is 0 Å². The summed E-state index contributed by atoms with van der Waals surface area (Å²) in [6, 6.07) is 3.32. The number of esters is 1. The van der Waals surface area contributed by atoms with Gasteiger partial charge >= 0.3 is 5.97 Å². The number of hydrogen-bond acceptors (Lipinski definition) is 4. The molecule has 0 saturated heterocycles. The van der Waals surface area contributed by atoms with Gasteiger partial charge < -0.3 is 4.74 Å².